The summed E-state index contributed by atoms with van der Waals surface area (Å²) in [6, 6.07) is 0. The highest BCUT2D eigenvalue weighted by Gasteiger charge is 2.32. The molecule has 1 heterocycles. The minimum absolute atomic E-state index is 0.358. The lowest BCUT2D eigenvalue weighted by Crippen LogP contribution is -2.40. The van der Waals surface area contributed by atoms with Gasteiger partial charge in [0.15, 0.2) is 0 Å². The van der Waals surface area contributed by atoms with Gasteiger partial charge in [-0.25, -0.2) is 0 Å². The van der Waals surface area contributed by atoms with Crippen LogP contribution in [0.25, 0.3) is 0 Å². The maximum absolute atomic E-state index is 9.87. The van der Waals surface area contributed by atoms with Gasteiger partial charge in [-0.15, -0.1) is 0 Å². The van der Waals surface area contributed by atoms with Crippen molar-refractivity contribution in [3.63, 3.8) is 0 Å². The molecule has 0 aliphatic carbocycles. The Morgan fingerprint density at radius 1 is 1.30 bits per heavy atom. The van der Waals surface area contributed by atoms with Gasteiger partial charge < -0.3 is 9.84 Å². The van der Waals surface area contributed by atoms with Crippen molar-refractivity contribution >= 4 is 0 Å². The molecular weight excluding hydrogens is 128 g/mol. The normalized spacial score (nSPS) is 25.2. The smallest absolute Gasteiger partial charge is 0.0714 e. The second kappa shape index (κ2) is 2.89. The van der Waals surface area contributed by atoms with Gasteiger partial charge in [-0.3, -0.25) is 0 Å². The molecule has 0 aromatic rings. The molecular formula is C8H16O2. The molecule has 0 saturated carbocycles. The molecule has 2 nitrogen and oxygen atoms in total. The summed E-state index contributed by atoms with van der Waals surface area (Å²) >= 11 is 0. The summed E-state index contributed by atoms with van der Waals surface area (Å²) in [6.45, 7) is 5.56. The second-order valence-corrected chi connectivity index (χ2v) is 3.37. The van der Waals surface area contributed by atoms with Gasteiger partial charge in [0.25, 0.3) is 0 Å². The summed E-state index contributed by atoms with van der Waals surface area (Å²) in [5.74, 6) is 0.358. The van der Waals surface area contributed by atoms with E-state index in [-0.39, 0.29) is 0 Å². The van der Waals surface area contributed by atoms with Crippen molar-refractivity contribution in [2.24, 2.45) is 5.92 Å². The molecule has 60 valence electrons. The van der Waals surface area contributed by atoms with Crippen LogP contribution < -0.4 is 0 Å². The molecule has 1 rings (SSSR count). The van der Waals surface area contributed by atoms with Gasteiger partial charge in [0.05, 0.1) is 5.60 Å². The van der Waals surface area contributed by atoms with Crippen LogP contribution in [0, 0.1) is 5.92 Å². The predicted molar refractivity (Wildman–Crippen MR) is 39.8 cm³/mol. The van der Waals surface area contributed by atoms with E-state index in [0.717, 1.165) is 12.8 Å². The Balaban J connectivity index is 2.48. The first-order valence-electron chi connectivity index (χ1n) is 3.95. The highest BCUT2D eigenvalue weighted by atomic mass is 16.5. The fourth-order valence-corrected chi connectivity index (χ4v) is 1.30. The minimum atomic E-state index is -0.446. The van der Waals surface area contributed by atoms with Crippen LogP contribution in [-0.2, 0) is 4.74 Å². The maximum Gasteiger partial charge on any atom is 0.0714 e. The van der Waals surface area contributed by atoms with E-state index in [1.165, 1.54) is 0 Å². The molecule has 10 heavy (non-hydrogen) atoms. The predicted octanol–water partition coefficient (Wildman–Crippen LogP) is 1.18. The number of hydrogen-bond donors (Lipinski definition) is 1. The highest BCUT2D eigenvalue weighted by Crippen LogP contribution is 2.27. The Morgan fingerprint density at radius 2 is 1.80 bits per heavy atom. The summed E-state index contributed by atoms with van der Waals surface area (Å²) in [7, 11) is 0. The van der Waals surface area contributed by atoms with E-state index in [0.29, 0.717) is 19.1 Å². The number of hydrogen-bond acceptors (Lipinski definition) is 2. The summed E-state index contributed by atoms with van der Waals surface area (Å²) in [5.41, 5.74) is -0.446. The molecule has 1 N–H and O–H groups in total. The maximum atomic E-state index is 9.87. The van der Waals surface area contributed by atoms with Crippen LogP contribution in [0.5, 0.6) is 0 Å². The Labute approximate surface area is 62.2 Å². The highest BCUT2D eigenvalue weighted by molar-refractivity contribution is 4.83. The quantitative estimate of drug-likeness (QED) is 0.599. The van der Waals surface area contributed by atoms with E-state index < -0.39 is 5.60 Å². The minimum Gasteiger partial charge on any atom is -0.389 e. The number of ether oxygens (including phenoxy) is 1. The van der Waals surface area contributed by atoms with Gasteiger partial charge in [0.1, 0.15) is 0 Å². The Hall–Kier alpha value is -0.0800. The van der Waals surface area contributed by atoms with E-state index in [1.54, 1.807) is 0 Å². The molecule has 0 aromatic heterocycles. The van der Waals surface area contributed by atoms with Crippen LogP contribution in [0.2, 0.25) is 0 Å². The van der Waals surface area contributed by atoms with E-state index in [9.17, 15) is 5.11 Å². The van der Waals surface area contributed by atoms with Crippen molar-refractivity contribution in [1.29, 1.82) is 0 Å². The van der Waals surface area contributed by atoms with Gasteiger partial charge in [-0.2, -0.15) is 0 Å². The molecule has 0 unspecified atom stereocenters. The Morgan fingerprint density at radius 3 is 2.10 bits per heavy atom. The molecule has 1 aliphatic heterocycles. The third kappa shape index (κ3) is 1.50. The summed E-state index contributed by atoms with van der Waals surface area (Å²) < 4.78 is 5.16. The van der Waals surface area contributed by atoms with Crippen molar-refractivity contribution < 1.29 is 9.84 Å². The van der Waals surface area contributed by atoms with Crippen molar-refractivity contribution in [3.8, 4) is 0 Å². The van der Waals surface area contributed by atoms with E-state index in [4.69, 9.17) is 4.74 Å². The monoisotopic (exact) mass is 144 g/mol. The Kier molecular flexibility index (Phi) is 2.32. The first-order valence-corrected chi connectivity index (χ1v) is 3.95. The topological polar surface area (TPSA) is 29.5 Å². The molecule has 0 radical (unpaired) electrons. The van der Waals surface area contributed by atoms with Crippen LogP contribution in [-0.4, -0.2) is 23.9 Å². The fourth-order valence-electron chi connectivity index (χ4n) is 1.30. The van der Waals surface area contributed by atoms with Gasteiger partial charge in [-0.1, -0.05) is 13.8 Å². The molecule has 1 saturated heterocycles. The van der Waals surface area contributed by atoms with Crippen molar-refractivity contribution in [2.75, 3.05) is 13.2 Å². The van der Waals surface area contributed by atoms with Crippen LogP contribution in [0.15, 0.2) is 0 Å². The number of aliphatic hydroxyl groups is 1. The fraction of sp³-hybridized carbons (Fsp3) is 1.00. The van der Waals surface area contributed by atoms with Gasteiger partial charge >= 0.3 is 0 Å². The molecule has 1 aliphatic rings. The third-order valence-corrected chi connectivity index (χ3v) is 2.43. The van der Waals surface area contributed by atoms with E-state index in [1.807, 2.05) is 0 Å². The van der Waals surface area contributed by atoms with Crippen LogP contribution in [0.1, 0.15) is 26.7 Å². The van der Waals surface area contributed by atoms with Crippen molar-refractivity contribution in [3.05, 3.63) is 0 Å². The average Bonchev–Trinajstić information content (AvgIpc) is 1.89. The molecule has 0 spiro atoms. The molecule has 2 heteroatoms. The zero-order chi connectivity index (χ0) is 7.61. The molecule has 0 atom stereocenters. The molecule has 0 amide bonds. The first kappa shape index (κ1) is 8.02. The van der Waals surface area contributed by atoms with Crippen LogP contribution in [0.3, 0.4) is 0 Å². The summed E-state index contributed by atoms with van der Waals surface area (Å²) in [6.07, 6.45) is 1.59. The molecule has 1 fully saturated rings. The lowest BCUT2D eigenvalue weighted by Gasteiger charge is -2.35. The molecule has 0 aromatic carbocycles. The van der Waals surface area contributed by atoms with Crippen LogP contribution in [0.4, 0.5) is 0 Å². The summed E-state index contributed by atoms with van der Waals surface area (Å²) in [5, 5.41) is 9.87. The van der Waals surface area contributed by atoms with Crippen molar-refractivity contribution in [1.82, 2.24) is 0 Å². The van der Waals surface area contributed by atoms with Crippen LogP contribution >= 0.6 is 0 Å². The molecule has 0 bridgehead atoms. The first-order chi connectivity index (χ1) is 4.65. The zero-order valence-electron chi connectivity index (χ0n) is 6.76. The standard InChI is InChI=1S/C8H16O2/c1-7(2)8(9)3-5-10-6-4-8/h7,9H,3-6H2,1-2H3. The summed E-state index contributed by atoms with van der Waals surface area (Å²) in [4.78, 5) is 0. The lowest BCUT2D eigenvalue weighted by atomic mass is 9.83. The van der Waals surface area contributed by atoms with E-state index in [2.05, 4.69) is 13.8 Å². The largest absolute Gasteiger partial charge is 0.389 e. The van der Waals surface area contributed by atoms with Crippen molar-refractivity contribution in [2.45, 2.75) is 32.3 Å². The zero-order valence-corrected chi connectivity index (χ0v) is 6.76. The average molecular weight is 144 g/mol. The SMILES string of the molecule is CC(C)C1(O)CCOCC1. The van der Waals surface area contributed by atoms with Gasteiger partial charge in [-0.05, 0) is 18.8 Å². The van der Waals surface area contributed by atoms with Gasteiger partial charge in [0.2, 0.25) is 0 Å². The third-order valence-electron chi connectivity index (χ3n) is 2.43. The second-order valence-electron chi connectivity index (χ2n) is 3.37. The van der Waals surface area contributed by atoms with Gasteiger partial charge in [0, 0.05) is 13.2 Å². The number of rotatable bonds is 1. The Bertz CT molecular complexity index is 104. The van der Waals surface area contributed by atoms with E-state index >= 15 is 0 Å². The lowest BCUT2D eigenvalue weighted by molar-refractivity contribution is -0.0907.